The van der Waals surface area contributed by atoms with E-state index >= 15 is 0 Å². The van der Waals surface area contributed by atoms with Crippen LogP contribution >= 0.6 is 0 Å². The number of ether oxygens (including phenoxy) is 2. The first-order chi connectivity index (χ1) is 11.8. The molecule has 0 bridgehead atoms. The monoisotopic (exact) mass is 348 g/mol. The van der Waals surface area contributed by atoms with Gasteiger partial charge in [0.1, 0.15) is 10.7 Å². The molecular formula is C16H16N2O7. The lowest BCUT2D eigenvalue weighted by atomic mass is 10.2. The zero-order valence-electron chi connectivity index (χ0n) is 13.8. The minimum absolute atomic E-state index is 0.362. The van der Waals surface area contributed by atoms with Crippen molar-refractivity contribution in [2.45, 2.75) is 20.0 Å². The van der Waals surface area contributed by atoms with Gasteiger partial charge >= 0.3 is 11.9 Å². The summed E-state index contributed by atoms with van der Waals surface area (Å²) in [6.07, 6.45) is -1.15. The van der Waals surface area contributed by atoms with E-state index in [0.29, 0.717) is 11.4 Å². The maximum Gasteiger partial charge on any atom is 0.433 e. The highest BCUT2D eigenvalue weighted by molar-refractivity contribution is 5.97. The first kappa shape index (κ1) is 18.0. The largest absolute Gasteiger partial charge is 0.495 e. The van der Waals surface area contributed by atoms with Crippen LogP contribution in [0.2, 0.25) is 0 Å². The summed E-state index contributed by atoms with van der Waals surface area (Å²) < 4.78 is 14.8. The van der Waals surface area contributed by atoms with Gasteiger partial charge in [-0.05, 0) is 37.6 Å². The number of nitro groups is 1. The van der Waals surface area contributed by atoms with Gasteiger partial charge in [-0.3, -0.25) is 14.9 Å². The van der Waals surface area contributed by atoms with E-state index < -0.39 is 28.8 Å². The quantitative estimate of drug-likeness (QED) is 0.484. The third-order valence-corrected chi connectivity index (χ3v) is 3.24. The van der Waals surface area contributed by atoms with Crippen molar-refractivity contribution in [2.24, 2.45) is 0 Å². The highest BCUT2D eigenvalue weighted by Crippen LogP contribution is 2.25. The Morgan fingerprint density at radius 2 is 2.00 bits per heavy atom. The molecule has 2 aromatic rings. The molecule has 132 valence electrons. The molecule has 0 aliphatic carbocycles. The van der Waals surface area contributed by atoms with E-state index in [1.165, 1.54) is 14.0 Å². The Morgan fingerprint density at radius 3 is 2.60 bits per heavy atom. The van der Waals surface area contributed by atoms with Crippen LogP contribution in [-0.4, -0.2) is 30.0 Å². The van der Waals surface area contributed by atoms with Gasteiger partial charge in [-0.15, -0.1) is 0 Å². The molecule has 1 aromatic heterocycles. The summed E-state index contributed by atoms with van der Waals surface area (Å²) in [4.78, 5) is 33.8. The fraction of sp³-hybridized carbons (Fsp3) is 0.250. The predicted octanol–water partition coefficient (Wildman–Crippen LogP) is 2.69. The second kappa shape index (κ2) is 7.47. The number of amides is 1. The highest BCUT2D eigenvalue weighted by atomic mass is 16.7. The van der Waals surface area contributed by atoms with Gasteiger partial charge in [-0.25, -0.2) is 4.79 Å². The molecule has 1 amide bonds. The van der Waals surface area contributed by atoms with Gasteiger partial charge in [0.15, 0.2) is 6.10 Å². The second-order valence-electron chi connectivity index (χ2n) is 5.14. The van der Waals surface area contributed by atoms with Crippen molar-refractivity contribution in [1.29, 1.82) is 0 Å². The number of carbonyl (C=O) groups excluding carboxylic acids is 2. The standard InChI is InChI=1S/C16H16N2O7/c1-9-4-5-12(23-3)11(8-9)17-15(19)10(2)24-16(20)13-6-7-14(25-13)18(21)22/h4-8,10H,1-3H3,(H,17,19)/t10-/m0/s1. The summed E-state index contributed by atoms with van der Waals surface area (Å²) in [5.74, 6) is -2.06. The molecule has 25 heavy (non-hydrogen) atoms. The fourth-order valence-corrected chi connectivity index (χ4v) is 1.96. The summed E-state index contributed by atoms with van der Waals surface area (Å²) in [6, 6.07) is 7.36. The lowest BCUT2D eigenvalue weighted by molar-refractivity contribution is -0.402. The van der Waals surface area contributed by atoms with Crippen LogP contribution < -0.4 is 10.1 Å². The lowest BCUT2D eigenvalue weighted by Crippen LogP contribution is -2.30. The first-order valence-corrected chi connectivity index (χ1v) is 7.22. The molecule has 0 aliphatic rings. The maximum atomic E-state index is 12.2. The minimum Gasteiger partial charge on any atom is -0.495 e. The van der Waals surface area contributed by atoms with Gasteiger partial charge in [0.05, 0.1) is 18.9 Å². The van der Waals surface area contributed by atoms with Gasteiger partial charge in [0.2, 0.25) is 5.76 Å². The fourth-order valence-electron chi connectivity index (χ4n) is 1.96. The van der Waals surface area contributed by atoms with Crippen molar-refractivity contribution in [3.63, 3.8) is 0 Å². The smallest absolute Gasteiger partial charge is 0.433 e. The SMILES string of the molecule is COc1ccc(C)cc1NC(=O)[C@H](C)OC(=O)c1ccc([N+](=O)[O-])o1. The third kappa shape index (κ3) is 4.34. The summed E-state index contributed by atoms with van der Waals surface area (Å²) >= 11 is 0. The van der Waals surface area contributed by atoms with Gasteiger partial charge < -0.3 is 19.2 Å². The molecule has 1 heterocycles. The molecule has 9 heteroatoms. The van der Waals surface area contributed by atoms with E-state index in [1.54, 1.807) is 12.1 Å². The van der Waals surface area contributed by atoms with Crippen molar-refractivity contribution in [3.05, 3.63) is 51.8 Å². The average molecular weight is 348 g/mol. The molecule has 0 unspecified atom stereocenters. The van der Waals surface area contributed by atoms with Crippen LogP contribution in [0.5, 0.6) is 5.75 Å². The lowest BCUT2D eigenvalue weighted by Gasteiger charge is -2.15. The van der Waals surface area contributed by atoms with Crippen molar-refractivity contribution in [1.82, 2.24) is 0 Å². The third-order valence-electron chi connectivity index (χ3n) is 3.24. The molecular weight excluding hydrogens is 332 g/mol. The Balaban J connectivity index is 2.03. The van der Waals surface area contributed by atoms with Gasteiger partial charge in [0.25, 0.3) is 5.91 Å². The number of nitrogens with zero attached hydrogens (tertiary/aromatic N) is 1. The number of nitrogens with one attached hydrogen (secondary N) is 1. The van der Waals surface area contributed by atoms with Crippen LogP contribution in [0.3, 0.4) is 0 Å². The van der Waals surface area contributed by atoms with Crippen molar-refractivity contribution in [3.8, 4) is 5.75 Å². The molecule has 0 spiro atoms. The number of methoxy groups -OCH3 is 1. The number of aryl methyl sites for hydroxylation is 1. The molecule has 0 radical (unpaired) electrons. The van der Waals surface area contributed by atoms with E-state index in [4.69, 9.17) is 13.9 Å². The Morgan fingerprint density at radius 1 is 1.28 bits per heavy atom. The molecule has 9 nitrogen and oxygen atoms in total. The Labute approximate surface area is 142 Å². The number of benzene rings is 1. The second-order valence-corrected chi connectivity index (χ2v) is 5.14. The average Bonchev–Trinajstić information content (AvgIpc) is 3.05. The van der Waals surface area contributed by atoms with E-state index in [1.807, 2.05) is 13.0 Å². The summed E-state index contributed by atoms with van der Waals surface area (Å²) in [6.45, 7) is 3.22. The van der Waals surface area contributed by atoms with Gasteiger partial charge in [0, 0.05) is 0 Å². The van der Waals surface area contributed by atoms with E-state index in [9.17, 15) is 19.7 Å². The molecule has 0 fully saturated rings. The topological polar surface area (TPSA) is 121 Å². The van der Waals surface area contributed by atoms with Crippen LogP contribution in [0, 0.1) is 17.0 Å². The van der Waals surface area contributed by atoms with Crippen LogP contribution in [-0.2, 0) is 9.53 Å². The van der Waals surface area contributed by atoms with Crippen LogP contribution in [0.15, 0.2) is 34.7 Å². The van der Waals surface area contributed by atoms with Crippen molar-refractivity contribution < 1.29 is 28.4 Å². The summed E-state index contributed by atoms with van der Waals surface area (Å²) in [5.41, 5.74) is 1.34. The predicted molar refractivity (Wildman–Crippen MR) is 86.6 cm³/mol. The molecule has 2 rings (SSSR count). The number of hydrogen-bond donors (Lipinski definition) is 1. The number of esters is 1. The molecule has 0 saturated carbocycles. The van der Waals surface area contributed by atoms with Gasteiger partial charge in [-0.2, -0.15) is 0 Å². The first-order valence-electron chi connectivity index (χ1n) is 7.22. The van der Waals surface area contributed by atoms with E-state index in [0.717, 1.165) is 17.7 Å². The number of furan rings is 1. The number of rotatable bonds is 6. The summed E-state index contributed by atoms with van der Waals surface area (Å²) in [7, 11) is 1.47. The Hall–Kier alpha value is -3.36. The Kier molecular flexibility index (Phi) is 5.38. The van der Waals surface area contributed by atoms with Crippen LogP contribution in [0.1, 0.15) is 23.0 Å². The van der Waals surface area contributed by atoms with Crippen LogP contribution in [0.25, 0.3) is 0 Å². The molecule has 1 aromatic carbocycles. The minimum atomic E-state index is -1.15. The Bertz CT molecular complexity index is 813. The zero-order valence-corrected chi connectivity index (χ0v) is 13.8. The van der Waals surface area contributed by atoms with E-state index in [-0.39, 0.29) is 5.76 Å². The molecule has 0 saturated heterocycles. The number of carbonyl (C=O) groups is 2. The maximum absolute atomic E-state index is 12.2. The molecule has 1 N–H and O–H groups in total. The molecule has 1 atom stereocenters. The van der Waals surface area contributed by atoms with Crippen LogP contribution in [0.4, 0.5) is 11.6 Å². The van der Waals surface area contributed by atoms with E-state index in [2.05, 4.69) is 5.32 Å². The van der Waals surface area contributed by atoms with Crippen molar-refractivity contribution >= 4 is 23.4 Å². The highest BCUT2D eigenvalue weighted by Gasteiger charge is 2.24. The molecule has 0 aliphatic heterocycles. The van der Waals surface area contributed by atoms with Crippen molar-refractivity contribution in [2.75, 3.05) is 12.4 Å². The van der Waals surface area contributed by atoms with Gasteiger partial charge in [-0.1, -0.05) is 6.07 Å². The zero-order chi connectivity index (χ0) is 18.6. The number of hydrogen-bond acceptors (Lipinski definition) is 7. The normalized spacial score (nSPS) is 11.5. The number of anilines is 1. The summed E-state index contributed by atoms with van der Waals surface area (Å²) in [5, 5.41) is 13.1.